The average molecular weight is 395 g/mol. The van der Waals surface area contributed by atoms with Crippen LogP contribution in [-0.2, 0) is 31.4 Å². The van der Waals surface area contributed by atoms with Crippen LogP contribution in [0.25, 0.3) is 0 Å². The van der Waals surface area contributed by atoms with Crippen LogP contribution in [0.3, 0.4) is 0 Å². The van der Waals surface area contributed by atoms with Crippen LogP contribution in [0, 0.1) is 0 Å². The van der Waals surface area contributed by atoms with Gasteiger partial charge in [0.25, 0.3) is 5.56 Å². The van der Waals surface area contributed by atoms with Gasteiger partial charge < -0.3 is 15.1 Å². The third-order valence-corrected chi connectivity index (χ3v) is 5.48. The molecule has 2 aliphatic rings. The molecule has 1 saturated carbocycles. The molecule has 0 atom stereocenters. The highest BCUT2D eigenvalue weighted by Gasteiger charge is 2.30. The van der Waals surface area contributed by atoms with Crippen molar-refractivity contribution in [2.24, 2.45) is 7.05 Å². The number of nitrogens with one attached hydrogen (secondary N) is 1. The zero-order valence-corrected chi connectivity index (χ0v) is 16.7. The smallest absolute Gasteiger partial charge is 0.322 e. The second-order valence-corrected chi connectivity index (χ2v) is 7.75. The first kappa shape index (κ1) is 19.2. The number of benzene rings is 1. The predicted molar refractivity (Wildman–Crippen MR) is 108 cm³/mol. The molecule has 1 aromatic heterocycles. The Kier molecular flexibility index (Phi) is 5.08. The van der Waals surface area contributed by atoms with Gasteiger partial charge in [0.05, 0.1) is 5.69 Å². The Hall–Kier alpha value is -3.16. The standard InChI is InChI=1S/C21H25N5O3/c1-14(27)26(18-7-8-18)12-15-3-5-17(6-4-15)22-21(29)25-10-9-19-16(13-25)11-20(28)24(2)23-19/h3-6,11,18H,7-10,12-13H2,1-2H3,(H,22,29). The molecule has 0 saturated heterocycles. The first-order valence-electron chi connectivity index (χ1n) is 9.89. The summed E-state index contributed by atoms with van der Waals surface area (Å²) in [6.45, 7) is 3.13. The van der Waals surface area contributed by atoms with E-state index in [-0.39, 0.29) is 17.5 Å². The molecule has 0 bridgehead atoms. The van der Waals surface area contributed by atoms with Crippen LogP contribution in [0.15, 0.2) is 35.1 Å². The number of carbonyl (C=O) groups excluding carboxylic acids is 2. The maximum atomic E-state index is 12.6. The molecule has 3 amide bonds. The first-order valence-corrected chi connectivity index (χ1v) is 9.89. The number of aryl methyl sites for hydroxylation is 1. The number of urea groups is 1. The van der Waals surface area contributed by atoms with Crippen LogP contribution in [0.1, 0.15) is 36.6 Å². The summed E-state index contributed by atoms with van der Waals surface area (Å²) in [7, 11) is 1.63. The molecule has 8 nitrogen and oxygen atoms in total. The molecule has 1 fully saturated rings. The second-order valence-electron chi connectivity index (χ2n) is 7.75. The van der Waals surface area contributed by atoms with Gasteiger partial charge >= 0.3 is 6.03 Å². The number of anilines is 1. The molecule has 152 valence electrons. The summed E-state index contributed by atoms with van der Waals surface area (Å²) < 4.78 is 1.33. The van der Waals surface area contributed by atoms with E-state index in [4.69, 9.17) is 0 Å². The van der Waals surface area contributed by atoms with E-state index in [9.17, 15) is 14.4 Å². The van der Waals surface area contributed by atoms with E-state index in [1.807, 2.05) is 29.2 Å². The van der Waals surface area contributed by atoms with E-state index in [1.165, 1.54) is 4.68 Å². The Morgan fingerprint density at radius 1 is 1.24 bits per heavy atom. The van der Waals surface area contributed by atoms with Crippen LogP contribution in [-0.4, -0.2) is 44.1 Å². The quantitative estimate of drug-likeness (QED) is 0.856. The number of fused-ring (bicyclic) bond motifs is 1. The molecule has 1 aliphatic heterocycles. The summed E-state index contributed by atoms with van der Waals surface area (Å²) in [5.74, 6) is 0.0968. The third-order valence-electron chi connectivity index (χ3n) is 5.48. The Morgan fingerprint density at radius 3 is 2.62 bits per heavy atom. The first-order chi connectivity index (χ1) is 13.9. The van der Waals surface area contributed by atoms with E-state index in [1.54, 1.807) is 24.9 Å². The Bertz CT molecular complexity index is 994. The highest BCUT2D eigenvalue weighted by Crippen LogP contribution is 2.28. The topological polar surface area (TPSA) is 87.5 Å². The Morgan fingerprint density at radius 2 is 1.97 bits per heavy atom. The Labute approximate surface area is 169 Å². The van der Waals surface area contributed by atoms with Gasteiger partial charge in [-0.25, -0.2) is 9.48 Å². The minimum atomic E-state index is -0.201. The number of hydrogen-bond donors (Lipinski definition) is 1. The van der Waals surface area contributed by atoms with Crippen molar-refractivity contribution in [3.8, 4) is 0 Å². The third kappa shape index (κ3) is 4.31. The zero-order chi connectivity index (χ0) is 20.5. The van der Waals surface area contributed by atoms with E-state index in [0.29, 0.717) is 37.8 Å². The van der Waals surface area contributed by atoms with Crippen LogP contribution in [0.5, 0.6) is 0 Å². The van der Waals surface area contributed by atoms with Crippen molar-refractivity contribution in [3.05, 3.63) is 57.5 Å². The monoisotopic (exact) mass is 395 g/mol. The van der Waals surface area contributed by atoms with Gasteiger partial charge in [0.15, 0.2) is 0 Å². The molecule has 0 unspecified atom stereocenters. The molecular weight excluding hydrogens is 370 g/mol. The molecule has 1 aromatic carbocycles. The van der Waals surface area contributed by atoms with Crippen molar-refractivity contribution in [2.75, 3.05) is 11.9 Å². The molecule has 29 heavy (non-hydrogen) atoms. The molecule has 0 radical (unpaired) electrons. The number of nitrogens with zero attached hydrogens (tertiary/aromatic N) is 4. The number of carbonyl (C=O) groups is 2. The average Bonchev–Trinajstić information content (AvgIpc) is 3.52. The maximum absolute atomic E-state index is 12.6. The summed E-state index contributed by atoms with van der Waals surface area (Å²) in [5, 5.41) is 7.18. The highest BCUT2D eigenvalue weighted by atomic mass is 16.2. The maximum Gasteiger partial charge on any atom is 0.322 e. The summed E-state index contributed by atoms with van der Waals surface area (Å²) in [5.41, 5.74) is 3.24. The number of hydrogen-bond acceptors (Lipinski definition) is 4. The lowest BCUT2D eigenvalue weighted by atomic mass is 10.1. The zero-order valence-electron chi connectivity index (χ0n) is 16.7. The van der Waals surface area contributed by atoms with Crippen molar-refractivity contribution < 1.29 is 9.59 Å². The molecule has 2 aromatic rings. The lowest BCUT2D eigenvalue weighted by Gasteiger charge is -2.28. The van der Waals surface area contributed by atoms with Crippen molar-refractivity contribution in [1.29, 1.82) is 0 Å². The molecule has 1 aliphatic carbocycles. The van der Waals surface area contributed by atoms with Crippen LogP contribution in [0.4, 0.5) is 10.5 Å². The van der Waals surface area contributed by atoms with E-state index in [2.05, 4.69) is 10.4 Å². The van der Waals surface area contributed by atoms with Crippen LogP contribution < -0.4 is 10.9 Å². The fourth-order valence-electron chi connectivity index (χ4n) is 3.64. The van der Waals surface area contributed by atoms with Gasteiger partial charge in [-0.15, -0.1) is 0 Å². The van der Waals surface area contributed by atoms with Gasteiger partial charge in [-0.3, -0.25) is 9.59 Å². The molecule has 0 spiro atoms. The largest absolute Gasteiger partial charge is 0.336 e. The minimum absolute atomic E-state index is 0.0968. The van der Waals surface area contributed by atoms with Crippen molar-refractivity contribution in [2.45, 2.75) is 45.3 Å². The van der Waals surface area contributed by atoms with Gasteiger partial charge in [0.1, 0.15) is 0 Å². The normalized spacial score (nSPS) is 15.6. The van der Waals surface area contributed by atoms with Gasteiger partial charge in [0, 0.05) is 63.4 Å². The second kappa shape index (κ2) is 7.69. The Balaban J connectivity index is 1.38. The number of amides is 3. The number of rotatable bonds is 4. The summed E-state index contributed by atoms with van der Waals surface area (Å²) in [6.07, 6.45) is 2.78. The summed E-state index contributed by atoms with van der Waals surface area (Å²) in [6, 6.07) is 9.31. The molecule has 2 heterocycles. The van der Waals surface area contributed by atoms with E-state index >= 15 is 0 Å². The van der Waals surface area contributed by atoms with Gasteiger partial charge in [0.2, 0.25) is 5.91 Å². The summed E-state index contributed by atoms with van der Waals surface area (Å²) >= 11 is 0. The highest BCUT2D eigenvalue weighted by molar-refractivity contribution is 5.89. The van der Waals surface area contributed by atoms with Crippen LogP contribution >= 0.6 is 0 Å². The fourth-order valence-corrected chi connectivity index (χ4v) is 3.64. The minimum Gasteiger partial charge on any atom is -0.336 e. The van der Waals surface area contributed by atoms with Gasteiger partial charge in [-0.05, 0) is 30.5 Å². The number of aromatic nitrogens is 2. The molecule has 4 rings (SSSR count). The van der Waals surface area contributed by atoms with Crippen molar-refractivity contribution >= 4 is 17.6 Å². The van der Waals surface area contributed by atoms with Gasteiger partial charge in [-0.2, -0.15) is 5.10 Å². The van der Waals surface area contributed by atoms with Crippen molar-refractivity contribution in [3.63, 3.8) is 0 Å². The summed E-state index contributed by atoms with van der Waals surface area (Å²) in [4.78, 5) is 39.8. The lowest BCUT2D eigenvalue weighted by molar-refractivity contribution is -0.130. The van der Waals surface area contributed by atoms with Gasteiger partial charge in [-0.1, -0.05) is 12.1 Å². The fraction of sp³-hybridized carbons (Fsp3) is 0.429. The van der Waals surface area contributed by atoms with Crippen LogP contribution in [0.2, 0.25) is 0 Å². The SMILES string of the molecule is CC(=O)N(Cc1ccc(NC(=O)N2CCc3nn(C)c(=O)cc3C2)cc1)C1CC1. The molecule has 8 heteroatoms. The van der Waals surface area contributed by atoms with E-state index in [0.717, 1.165) is 29.7 Å². The van der Waals surface area contributed by atoms with E-state index < -0.39 is 0 Å². The molecular formula is C21H25N5O3. The predicted octanol–water partition coefficient (Wildman–Crippen LogP) is 1.88. The lowest BCUT2D eigenvalue weighted by Crippen LogP contribution is -2.40. The van der Waals surface area contributed by atoms with Crippen molar-refractivity contribution in [1.82, 2.24) is 19.6 Å². The molecule has 1 N–H and O–H groups in total.